The Morgan fingerprint density at radius 2 is 2.00 bits per heavy atom. The van der Waals surface area contributed by atoms with Gasteiger partial charge in [-0.15, -0.1) is 0 Å². The zero-order chi connectivity index (χ0) is 11.0. The highest BCUT2D eigenvalue weighted by Gasteiger charge is 2.07. The molecule has 3 nitrogen and oxygen atoms in total. The largest absolute Gasteiger partial charge is 0.393 e. The van der Waals surface area contributed by atoms with Crippen LogP contribution in [-0.4, -0.2) is 23.7 Å². The Morgan fingerprint density at radius 1 is 1.36 bits per heavy atom. The van der Waals surface area contributed by atoms with E-state index >= 15 is 0 Å². The molecule has 0 aliphatic heterocycles. The minimum absolute atomic E-state index is 0.103. The highest BCUT2D eigenvalue weighted by molar-refractivity contribution is 5.76. The lowest BCUT2D eigenvalue weighted by molar-refractivity contribution is -0.122. The second-order valence-corrected chi connectivity index (χ2v) is 4.09. The second-order valence-electron chi connectivity index (χ2n) is 4.09. The monoisotopic (exact) mass is 201 g/mol. The van der Waals surface area contributed by atoms with Crippen LogP contribution in [0.1, 0.15) is 46.5 Å². The van der Waals surface area contributed by atoms with Crippen LogP contribution in [0.15, 0.2) is 0 Å². The average Bonchev–Trinajstić information content (AvgIpc) is 2.03. The smallest absolute Gasteiger partial charge is 0.220 e. The highest BCUT2D eigenvalue weighted by Crippen LogP contribution is 2.09. The molecule has 0 bridgehead atoms. The lowest BCUT2D eigenvalue weighted by Crippen LogP contribution is -2.27. The molecule has 0 aliphatic rings. The van der Waals surface area contributed by atoms with Crippen LogP contribution in [0.25, 0.3) is 0 Å². The van der Waals surface area contributed by atoms with Gasteiger partial charge >= 0.3 is 0 Å². The van der Waals surface area contributed by atoms with Crippen LogP contribution in [0.3, 0.4) is 0 Å². The maximum atomic E-state index is 11.3. The summed E-state index contributed by atoms with van der Waals surface area (Å²) in [6.45, 7) is 6.53. The average molecular weight is 201 g/mol. The molecular formula is C11H23NO2. The van der Waals surface area contributed by atoms with E-state index in [-0.39, 0.29) is 12.0 Å². The minimum atomic E-state index is -0.330. The standard InChI is InChI=1S/C11H23NO2/c1-4-5-9(2)8-11(14)12-7-6-10(3)13/h9-10,13H,4-8H2,1-3H3,(H,12,14). The molecule has 0 saturated carbocycles. The number of carbonyl (C=O) groups is 1. The van der Waals surface area contributed by atoms with Crippen LogP contribution in [0.4, 0.5) is 0 Å². The van der Waals surface area contributed by atoms with Crippen molar-refractivity contribution in [2.75, 3.05) is 6.54 Å². The Bertz CT molecular complexity index is 157. The molecule has 2 atom stereocenters. The maximum Gasteiger partial charge on any atom is 0.220 e. The van der Waals surface area contributed by atoms with Gasteiger partial charge in [-0.2, -0.15) is 0 Å². The molecule has 14 heavy (non-hydrogen) atoms. The van der Waals surface area contributed by atoms with Crippen molar-refractivity contribution < 1.29 is 9.90 Å². The van der Waals surface area contributed by atoms with Crippen LogP contribution in [0.2, 0.25) is 0 Å². The van der Waals surface area contributed by atoms with E-state index in [0.29, 0.717) is 25.3 Å². The van der Waals surface area contributed by atoms with E-state index in [4.69, 9.17) is 5.11 Å². The normalized spacial score (nSPS) is 14.9. The summed E-state index contributed by atoms with van der Waals surface area (Å²) in [6.07, 6.45) is 3.14. The maximum absolute atomic E-state index is 11.3. The van der Waals surface area contributed by atoms with Gasteiger partial charge in [0, 0.05) is 13.0 Å². The Kier molecular flexibility index (Phi) is 7.48. The number of rotatable bonds is 7. The fraction of sp³-hybridized carbons (Fsp3) is 0.909. The zero-order valence-corrected chi connectivity index (χ0v) is 9.55. The van der Waals surface area contributed by atoms with E-state index in [2.05, 4.69) is 19.2 Å². The van der Waals surface area contributed by atoms with E-state index in [0.717, 1.165) is 12.8 Å². The Morgan fingerprint density at radius 3 is 2.50 bits per heavy atom. The molecule has 1 amide bonds. The third kappa shape index (κ3) is 8.05. The van der Waals surface area contributed by atoms with Crippen LogP contribution in [0.5, 0.6) is 0 Å². The molecule has 0 radical (unpaired) electrons. The van der Waals surface area contributed by atoms with Gasteiger partial charge in [0.25, 0.3) is 0 Å². The third-order valence-corrected chi connectivity index (χ3v) is 2.20. The number of nitrogens with one attached hydrogen (secondary N) is 1. The molecule has 0 heterocycles. The SMILES string of the molecule is CCCC(C)CC(=O)NCCC(C)O. The Hall–Kier alpha value is -0.570. The van der Waals surface area contributed by atoms with Crippen molar-refractivity contribution in [1.82, 2.24) is 5.32 Å². The number of amides is 1. The van der Waals surface area contributed by atoms with Crippen molar-refractivity contribution >= 4 is 5.91 Å². The van der Waals surface area contributed by atoms with Gasteiger partial charge in [0.2, 0.25) is 5.91 Å². The fourth-order valence-electron chi connectivity index (χ4n) is 1.40. The van der Waals surface area contributed by atoms with Gasteiger partial charge in [-0.25, -0.2) is 0 Å². The summed E-state index contributed by atoms with van der Waals surface area (Å²) in [6, 6.07) is 0. The fourth-order valence-corrected chi connectivity index (χ4v) is 1.40. The molecule has 2 unspecified atom stereocenters. The first-order valence-electron chi connectivity index (χ1n) is 5.51. The summed E-state index contributed by atoms with van der Waals surface area (Å²) in [5, 5.41) is 11.8. The highest BCUT2D eigenvalue weighted by atomic mass is 16.3. The number of aliphatic hydroxyl groups is 1. The molecule has 0 spiro atoms. The Balaban J connectivity index is 3.45. The van der Waals surface area contributed by atoms with Crippen molar-refractivity contribution in [2.45, 2.75) is 52.6 Å². The van der Waals surface area contributed by atoms with Gasteiger partial charge in [0.15, 0.2) is 0 Å². The number of aliphatic hydroxyl groups excluding tert-OH is 1. The molecule has 0 rings (SSSR count). The predicted molar refractivity (Wildman–Crippen MR) is 58.0 cm³/mol. The Labute approximate surface area is 86.9 Å². The molecule has 0 aromatic carbocycles. The summed E-state index contributed by atoms with van der Waals surface area (Å²) in [5.74, 6) is 0.568. The van der Waals surface area contributed by atoms with Crippen molar-refractivity contribution in [3.63, 3.8) is 0 Å². The summed E-state index contributed by atoms with van der Waals surface area (Å²) >= 11 is 0. The van der Waals surface area contributed by atoms with Crippen LogP contribution in [-0.2, 0) is 4.79 Å². The molecule has 0 aromatic rings. The first-order valence-corrected chi connectivity index (χ1v) is 5.51. The van der Waals surface area contributed by atoms with Crippen LogP contribution >= 0.6 is 0 Å². The van der Waals surface area contributed by atoms with Crippen LogP contribution in [0, 0.1) is 5.92 Å². The van der Waals surface area contributed by atoms with E-state index in [1.807, 2.05) is 0 Å². The lowest BCUT2D eigenvalue weighted by atomic mass is 10.0. The quantitative estimate of drug-likeness (QED) is 0.658. The topological polar surface area (TPSA) is 49.3 Å². The van der Waals surface area contributed by atoms with E-state index in [9.17, 15) is 4.79 Å². The van der Waals surface area contributed by atoms with Gasteiger partial charge in [-0.3, -0.25) is 4.79 Å². The van der Waals surface area contributed by atoms with Gasteiger partial charge < -0.3 is 10.4 Å². The van der Waals surface area contributed by atoms with Crippen molar-refractivity contribution in [2.24, 2.45) is 5.92 Å². The lowest BCUT2D eigenvalue weighted by Gasteiger charge is -2.10. The first-order chi connectivity index (χ1) is 6.56. The molecule has 0 fully saturated rings. The molecule has 0 saturated heterocycles. The molecule has 0 aliphatic carbocycles. The van der Waals surface area contributed by atoms with Crippen molar-refractivity contribution in [3.8, 4) is 0 Å². The first kappa shape index (κ1) is 13.4. The van der Waals surface area contributed by atoms with E-state index in [1.165, 1.54) is 0 Å². The van der Waals surface area contributed by atoms with Crippen LogP contribution < -0.4 is 5.32 Å². The summed E-state index contributed by atoms with van der Waals surface area (Å²) < 4.78 is 0. The third-order valence-electron chi connectivity index (χ3n) is 2.20. The summed E-state index contributed by atoms with van der Waals surface area (Å²) in [7, 11) is 0. The van der Waals surface area contributed by atoms with Gasteiger partial charge in [-0.1, -0.05) is 26.7 Å². The van der Waals surface area contributed by atoms with Gasteiger partial charge in [-0.05, 0) is 19.3 Å². The number of hydrogen-bond donors (Lipinski definition) is 2. The minimum Gasteiger partial charge on any atom is -0.393 e. The van der Waals surface area contributed by atoms with Gasteiger partial charge in [0.1, 0.15) is 0 Å². The molecule has 2 N–H and O–H groups in total. The van der Waals surface area contributed by atoms with Crippen molar-refractivity contribution in [3.05, 3.63) is 0 Å². The van der Waals surface area contributed by atoms with Gasteiger partial charge in [0.05, 0.1) is 6.10 Å². The van der Waals surface area contributed by atoms with E-state index < -0.39 is 0 Å². The van der Waals surface area contributed by atoms with Crippen molar-refractivity contribution in [1.29, 1.82) is 0 Å². The predicted octanol–water partition coefficient (Wildman–Crippen LogP) is 1.70. The zero-order valence-electron chi connectivity index (χ0n) is 9.55. The summed E-state index contributed by atoms with van der Waals surface area (Å²) in [5.41, 5.74) is 0. The van der Waals surface area contributed by atoms with E-state index in [1.54, 1.807) is 6.92 Å². The number of hydrogen-bond acceptors (Lipinski definition) is 2. The number of carbonyl (C=O) groups excluding carboxylic acids is 1. The summed E-state index contributed by atoms with van der Waals surface area (Å²) in [4.78, 5) is 11.3. The molecule has 0 aromatic heterocycles. The molecule has 3 heteroatoms. The molecular weight excluding hydrogens is 178 g/mol. The molecule has 84 valence electrons. The second kappa shape index (κ2) is 7.80.